The summed E-state index contributed by atoms with van der Waals surface area (Å²) in [7, 11) is 0. The zero-order valence-corrected chi connectivity index (χ0v) is 24.7. The van der Waals surface area contributed by atoms with E-state index in [-0.39, 0.29) is 29.4 Å². The van der Waals surface area contributed by atoms with Crippen LogP contribution in [-0.2, 0) is 14.4 Å². The van der Waals surface area contributed by atoms with E-state index in [4.69, 9.17) is 10.5 Å². The summed E-state index contributed by atoms with van der Waals surface area (Å²) in [4.78, 5) is 32.7. The molecule has 0 aliphatic heterocycles. The number of unbranched alkanes of at least 4 members (excludes halogenated alkanes) is 3. The third-order valence-electron chi connectivity index (χ3n) is 5.36. The molecule has 34 heavy (non-hydrogen) atoms. The Kier molecular flexibility index (Phi) is 32.9. The molecule has 1 fully saturated rings. The summed E-state index contributed by atoms with van der Waals surface area (Å²) in [6, 6.07) is -0.510. The summed E-state index contributed by atoms with van der Waals surface area (Å²) < 4.78 is 0. The third-order valence-corrected chi connectivity index (χ3v) is 5.36. The zero-order valence-electron chi connectivity index (χ0n) is 24.7. The molecule has 3 N–H and O–H groups in total. The molecule has 0 aromatic carbocycles. The number of hydrogen-bond donors (Lipinski definition) is 2. The molecule has 1 saturated carbocycles. The fraction of sp³-hybridized carbons (Fsp3) is 0.897. The second kappa shape index (κ2) is 28.0. The van der Waals surface area contributed by atoms with E-state index in [9.17, 15) is 9.59 Å². The van der Waals surface area contributed by atoms with Gasteiger partial charge in [0.15, 0.2) is 5.78 Å². The summed E-state index contributed by atoms with van der Waals surface area (Å²) in [5.41, 5.74) is 5.77. The van der Waals surface area contributed by atoms with E-state index in [0.717, 1.165) is 44.4 Å². The lowest BCUT2D eigenvalue weighted by molar-refractivity contribution is -0.131. The maximum atomic E-state index is 12.3. The van der Waals surface area contributed by atoms with Gasteiger partial charge in [-0.3, -0.25) is 9.59 Å². The van der Waals surface area contributed by atoms with Crippen molar-refractivity contribution in [1.82, 2.24) is 5.32 Å². The van der Waals surface area contributed by atoms with Gasteiger partial charge in [0.05, 0.1) is 6.04 Å². The first-order chi connectivity index (χ1) is 16.1. The first kappa shape index (κ1) is 40.0. The molecule has 0 aromatic rings. The minimum atomic E-state index is -0.510. The van der Waals surface area contributed by atoms with Crippen LogP contribution in [0.5, 0.6) is 0 Å². The standard InChI is InChI=1S/C18H36N2O2.C5H10.C3H8.C2H6.CH2O/c1-6-8-10-12-20-17(22)14(11-9-7-2)13-15(21)16(19)18(3,4)5;1-2-5-3-4-5;1-3-2;2*1-2/h14,16H,6-13,19H2,1-5H3,(H,20,22);5H,2-4H2,1H3;3H2,1-2H3;1-2H3;1H2/t14-,16-;;;;/m1..../s1. The van der Waals surface area contributed by atoms with Crippen LogP contribution in [0.4, 0.5) is 0 Å². The van der Waals surface area contributed by atoms with Gasteiger partial charge in [0, 0.05) is 18.9 Å². The largest absolute Gasteiger partial charge is 0.356 e. The van der Waals surface area contributed by atoms with Crippen molar-refractivity contribution < 1.29 is 14.4 Å². The van der Waals surface area contributed by atoms with Crippen molar-refractivity contribution in [3.63, 3.8) is 0 Å². The highest BCUT2D eigenvalue weighted by atomic mass is 16.2. The van der Waals surface area contributed by atoms with E-state index in [1.165, 1.54) is 25.7 Å². The maximum absolute atomic E-state index is 12.3. The van der Waals surface area contributed by atoms with Gasteiger partial charge in [0.2, 0.25) is 5.91 Å². The van der Waals surface area contributed by atoms with Crippen LogP contribution in [0, 0.1) is 17.3 Å². The fourth-order valence-corrected chi connectivity index (χ4v) is 2.89. The van der Waals surface area contributed by atoms with E-state index in [1.54, 1.807) is 0 Å². The predicted molar refractivity (Wildman–Crippen MR) is 150 cm³/mol. The molecule has 0 spiro atoms. The summed E-state index contributed by atoms with van der Waals surface area (Å²) in [5, 5.41) is 2.98. The first-order valence-electron chi connectivity index (χ1n) is 13.9. The van der Waals surface area contributed by atoms with Crippen LogP contribution in [0.1, 0.15) is 140 Å². The normalized spacial score (nSPS) is 13.6. The number of hydrogen-bond acceptors (Lipinski definition) is 4. The fourth-order valence-electron chi connectivity index (χ4n) is 2.89. The molecule has 1 amide bonds. The van der Waals surface area contributed by atoms with Crippen molar-refractivity contribution >= 4 is 18.5 Å². The van der Waals surface area contributed by atoms with E-state index < -0.39 is 6.04 Å². The summed E-state index contributed by atoms with van der Waals surface area (Å²) in [5.74, 6) is 0.911. The predicted octanol–water partition coefficient (Wildman–Crippen LogP) is 7.50. The minimum Gasteiger partial charge on any atom is -0.356 e. The number of nitrogens with one attached hydrogen (secondary N) is 1. The van der Waals surface area contributed by atoms with Crippen molar-refractivity contribution in [3.05, 3.63) is 0 Å². The Balaban J connectivity index is -0.000000307. The van der Waals surface area contributed by atoms with Crippen LogP contribution < -0.4 is 11.1 Å². The lowest BCUT2D eigenvalue weighted by atomic mass is 9.81. The highest BCUT2D eigenvalue weighted by Crippen LogP contribution is 2.31. The van der Waals surface area contributed by atoms with Crippen LogP contribution in [0.2, 0.25) is 0 Å². The van der Waals surface area contributed by atoms with E-state index in [1.807, 2.05) is 41.4 Å². The van der Waals surface area contributed by atoms with Gasteiger partial charge in [0.25, 0.3) is 0 Å². The van der Waals surface area contributed by atoms with E-state index in [0.29, 0.717) is 6.54 Å². The number of ketones is 1. The molecule has 1 aliphatic rings. The number of amides is 1. The van der Waals surface area contributed by atoms with Gasteiger partial charge in [-0.15, -0.1) is 0 Å². The molecule has 206 valence electrons. The number of Topliss-reactive ketones (excluding diaryl/α,β-unsaturated/α-hetero) is 1. The third kappa shape index (κ3) is 27.0. The monoisotopic (exact) mass is 486 g/mol. The Bertz CT molecular complexity index is 443. The molecule has 2 atom stereocenters. The Labute approximate surface area is 213 Å². The topological polar surface area (TPSA) is 89.3 Å². The summed E-state index contributed by atoms with van der Waals surface area (Å²) in [6.45, 7) is 23.3. The smallest absolute Gasteiger partial charge is 0.223 e. The molecule has 0 aromatic heterocycles. The van der Waals surface area contributed by atoms with Gasteiger partial charge in [0.1, 0.15) is 6.79 Å². The highest BCUT2D eigenvalue weighted by Gasteiger charge is 2.30. The molecule has 5 nitrogen and oxygen atoms in total. The SMILES string of the molecule is C=O.CC.CCC.CCC1CC1.CCCCCNC(=O)[C@H](CCCC)CC(=O)[C@@H](N)C(C)(C)C. The van der Waals surface area contributed by atoms with Crippen LogP contribution in [0.3, 0.4) is 0 Å². The van der Waals surface area contributed by atoms with E-state index in [2.05, 4.69) is 39.9 Å². The Morgan fingerprint density at radius 2 is 1.41 bits per heavy atom. The van der Waals surface area contributed by atoms with Gasteiger partial charge < -0.3 is 15.8 Å². The molecule has 0 heterocycles. The van der Waals surface area contributed by atoms with E-state index >= 15 is 0 Å². The molecule has 0 saturated heterocycles. The van der Waals surface area contributed by atoms with Crippen molar-refractivity contribution in [2.24, 2.45) is 23.0 Å². The van der Waals surface area contributed by atoms with Gasteiger partial charge in [-0.05, 0) is 24.2 Å². The molecular weight excluding hydrogens is 424 g/mol. The van der Waals surface area contributed by atoms with Crippen LogP contribution >= 0.6 is 0 Å². The highest BCUT2D eigenvalue weighted by molar-refractivity contribution is 5.90. The van der Waals surface area contributed by atoms with Crippen molar-refractivity contribution in [1.29, 1.82) is 0 Å². The molecule has 0 unspecified atom stereocenters. The van der Waals surface area contributed by atoms with Gasteiger partial charge >= 0.3 is 0 Å². The van der Waals surface area contributed by atoms with Gasteiger partial charge in [-0.2, -0.15) is 0 Å². The molecule has 1 rings (SSSR count). The molecular formula is C29H62N2O3. The number of carbonyl (C=O) groups is 3. The average molecular weight is 487 g/mol. The van der Waals surface area contributed by atoms with Crippen LogP contribution in [-0.4, -0.2) is 31.1 Å². The number of nitrogens with two attached hydrogens (primary N) is 1. The quantitative estimate of drug-likeness (QED) is 0.279. The minimum absolute atomic E-state index is 0.00249. The van der Waals surface area contributed by atoms with Gasteiger partial charge in [-0.1, -0.05) is 121 Å². The Morgan fingerprint density at radius 1 is 0.941 bits per heavy atom. The molecule has 0 radical (unpaired) electrons. The van der Waals surface area contributed by atoms with Crippen molar-refractivity contribution in [3.8, 4) is 0 Å². The second-order valence-electron chi connectivity index (χ2n) is 9.91. The number of carbonyl (C=O) groups excluding carboxylic acids is 3. The second-order valence-corrected chi connectivity index (χ2v) is 9.91. The lowest BCUT2D eigenvalue weighted by Crippen LogP contribution is -2.44. The zero-order chi connectivity index (χ0) is 27.6. The Morgan fingerprint density at radius 3 is 1.74 bits per heavy atom. The maximum Gasteiger partial charge on any atom is 0.223 e. The molecule has 1 aliphatic carbocycles. The van der Waals surface area contributed by atoms with Crippen LogP contribution in [0.25, 0.3) is 0 Å². The summed E-state index contributed by atoms with van der Waals surface area (Å²) >= 11 is 0. The van der Waals surface area contributed by atoms with Crippen molar-refractivity contribution in [2.75, 3.05) is 6.54 Å². The summed E-state index contributed by atoms with van der Waals surface area (Å²) in [6.07, 6.45) is 12.0. The Hall–Kier alpha value is -1.23. The average Bonchev–Trinajstić information content (AvgIpc) is 3.66. The number of rotatable bonds is 12. The first-order valence-corrected chi connectivity index (χ1v) is 13.9. The van der Waals surface area contributed by atoms with Crippen LogP contribution in [0.15, 0.2) is 0 Å². The molecule has 0 bridgehead atoms. The molecule has 5 heteroatoms. The van der Waals surface area contributed by atoms with Gasteiger partial charge in [-0.25, -0.2) is 0 Å². The lowest BCUT2D eigenvalue weighted by Gasteiger charge is -2.27. The van der Waals surface area contributed by atoms with Crippen molar-refractivity contribution in [2.45, 2.75) is 146 Å².